The molecule has 1 heterocycles. The van der Waals surface area contributed by atoms with Crippen molar-refractivity contribution in [3.63, 3.8) is 0 Å². The normalized spacial score (nSPS) is 22.3. The first-order chi connectivity index (χ1) is 10.0. The van der Waals surface area contributed by atoms with Gasteiger partial charge in [-0.3, -0.25) is 4.90 Å². The fourth-order valence-electron chi connectivity index (χ4n) is 2.88. The van der Waals surface area contributed by atoms with E-state index >= 15 is 0 Å². The molecule has 0 aliphatic carbocycles. The lowest BCUT2D eigenvalue weighted by molar-refractivity contribution is 0.269. The summed E-state index contributed by atoms with van der Waals surface area (Å²) in [6.45, 7) is 5.89. The molecule has 1 aliphatic heterocycles. The molecule has 0 spiro atoms. The van der Waals surface area contributed by atoms with Crippen LogP contribution in [0.15, 0.2) is 12.1 Å². The van der Waals surface area contributed by atoms with Crippen molar-refractivity contribution in [2.75, 3.05) is 41.0 Å². The van der Waals surface area contributed by atoms with E-state index in [1.807, 2.05) is 12.1 Å². The zero-order chi connectivity index (χ0) is 15.5. The monoisotopic (exact) mass is 294 g/mol. The quantitative estimate of drug-likeness (QED) is 0.868. The molecule has 1 saturated heterocycles. The third kappa shape index (κ3) is 3.41. The largest absolute Gasteiger partial charge is 0.496 e. The van der Waals surface area contributed by atoms with E-state index in [-0.39, 0.29) is 5.41 Å². The van der Waals surface area contributed by atoms with Crippen molar-refractivity contribution in [1.82, 2.24) is 4.90 Å². The number of methoxy groups -OCH3 is 3. The minimum atomic E-state index is 0.226. The average Bonchev–Trinajstić information content (AvgIpc) is 2.88. The van der Waals surface area contributed by atoms with Gasteiger partial charge in [-0.25, -0.2) is 0 Å². The summed E-state index contributed by atoms with van der Waals surface area (Å²) in [6.07, 6.45) is 1.14. The Morgan fingerprint density at radius 2 is 1.71 bits per heavy atom. The molecule has 0 aromatic heterocycles. The van der Waals surface area contributed by atoms with E-state index in [1.54, 1.807) is 21.3 Å². The molecule has 2 N–H and O–H groups in total. The maximum atomic E-state index is 5.88. The fraction of sp³-hybridized carbons (Fsp3) is 0.625. The molecule has 5 heteroatoms. The molecule has 21 heavy (non-hydrogen) atoms. The first-order valence-electron chi connectivity index (χ1n) is 7.26. The molecule has 0 radical (unpaired) electrons. The topological polar surface area (TPSA) is 57.0 Å². The van der Waals surface area contributed by atoms with Crippen molar-refractivity contribution < 1.29 is 14.2 Å². The maximum absolute atomic E-state index is 5.88. The van der Waals surface area contributed by atoms with Gasteiger partial charge in [-0.15, -0.1) is 0 Å². The maximum Gasteiger partial charge on any atom is 0.164 e. The summed E-state index contributed by atoms with van der Waals surface area (Å²) in [5.74, 6) is 2.24. The number of benzene rings is 1. The highest BCUT2D eigenvalue weighted by atomic mass is 16.5. The van der Waals surface area contributed by atoms with E-state index in [2.05, 4.69) is 11.8 Å². The van der Waals surface area contributed by atoms with E-state index < -0.39 is 0 Å². The van der Waals surface area contributed by atoms with Crippen LogP contribution >= 0.6 is 0 Å². The lowest BCUT2D eigenvalue weighted by Crippen LogP contribution is -2.31. The Bertz CT molecular complexity index is 493. The Morgan fingerprint density at radius 3 is 2.24 bits per heavy atom. The second kappa shape index (κ2) is 6.54. The zero-order valence-electron chi connectivity index (χ0n) is 13.4. The van der Waals surface area contributed by atoms with Crippen LogP contribution in [-0.2, 0) is 6.54 Å². The van der Waals surface area contributed by atoms with E-state index in [0.717, 1.165) is 49.7 Å². The van der Waals surface area contributed by atoms with Crippen LogP contribution in [0.4, 0.5) is 0 Å². The van der Waals surface area contributed by atoms with Crippen LogP contribution in [0.2, 0.25) is 0 Å². The number of likely N-dealkylation sites (tertiary alicyclic amines) is 1. The summed E-state index contributed by atoms with van der Waals surface area (Å²) in [4.78, 5) is 2.41. The molecule has 0 bridgehead atoms. The first kappa shape index (κ1) is 15.9. The highest BCUT2D eigenvalue weighted by Crippen LogP contribution is 2.37. The van der Waals surface area contributed by atoms with Crippen LogP contribution in [0, 0.1) is 5.41 Å². The zero-order valence-corrected chi connectivity index (χ0v) is 13.4. The second-order valence-electron chi connectivity index (χ2n) is 5.99. The molecule has 1 aliphatic rings. The molecule has 0 saturated carbocycles. The molecule has 1 aromatic carbocycles. The Labute approximate surface area is 127 Å². The third-order valence-corrected chi connectivity index (χ3v) is 4.31. The van der Waals surface area contributed by atoms with Gasteiger partial charge in [0.15, 0.2) is 11.5 Å². The van der Waals surface area contributed by atoms with Gasteiger partial charge in [0.05, 0.1) is 21.3 Å². The molecular weight excluding hydrogens is 268 g/mol. The molecule has 1 atom stereocenters. The highest BCUT2D eigenvalue weighted by Gasteiger charge is 2.32. The molecule has 5 nitrogen and oxygen atoms in total. The molecule has 1 fully saturated rings. The van der Waals surface area contributed by atoms with E-state index in [4.69, 9.17) is 19.9 Å². The summed E-state index contributed by atoms with van der Waals surface area (Å²) in [7, 11) is 4.96. The van der Waals surface area contributed by atoms with E-state index in [9.17, 15) is 0 Å². The number of hydrogen-bond acceptors (Lipinski definition) is 5. The van der Waals surface area contributed by atoms with Crippen molar-refractivity contribution in [3.05, 3.63) is 17.7 Å². The fourth-order valence-corrected chi connectivity index (χ4v) is 2.88. The second-order valence-corrected chi connectivity index (χ2v) is 5.99. The van der Waals surface area contributed by atoms with Crippen molar-refractivity contribution in [3.8, 4) is 17.2 Å². The van der Waals surface area contributed by atoms with Crippen molar-refractivity contribution in [2.24, 2.45) is 11.1 Å². The van der Waals surface area contributed by atoms with Gasteiger partial charge in [0.25, 0.3) is 0 Å². The van der Waals surface area contributed by atoms with Gasteiger partial charge in [-0.05, 0) is 31.0 Å². The van der Waals surface area contributed by atoms with Gasteiger partial charge >= 0.3 is 0 Å². The van der Waals surface area contributed by atoms with Crippen LogP contribution in [0.5, 0.6) is 17.2 Å². The summed E-state index contributed by atoms with van der Waals surface area (Å²) in [5.41, 5.74) is 7.21. The van der Waals surface area contributed by atoms with Gasteiger partial charge in [0, 0.05) is 24.7 Å². The Balaban J connectivity index is 2.19. The average molecular weight is 294 g/mol. The standard InChI is InChI=1S/C16H26N2O3/c1-16(10-17)5-6-18(11-16)9-12-7-14(20-3)15(21-4)8-13(12)19-2/h7-8H,5-6,9-11,17H2,1-4H3. The molecule has 1 aromatic rings. The van der Waals surface area contributed by atoms with E-state index in [1.165, 1.54) is 0 Å². The number of ether oxygens (including phenoxy) is 3. The SMILES string of the molecule is COc1cc(OC)c(OC)cc1CN1CCC(C)(CN)C1. The number of nitrogens with two attached hydrogens (primary N) is 1. The summed E-state index contributed by atoms with van der Waals surface area (Å²) < 4.78 is 16.2. The van der Waals surface area contributed by atoms with Crippen LogP contribution in [0.25, 0.3) is 0 Å². The minimum Gasteiger partial charge on any atom is -0.496 e. The van der Waals surface area contributed by atoms with Crippen molar-refractivity contribution in [1.29, 1.82) is 0 Å². The predicted octanol–water partition coefficient (Wildman–Crippen LogP) is 1.88. The minimum absolute atomic E-state index is 0.226. The Morgan fingerprint density at radius 1 is 1.10 bits per heavy atom. The van der Waals surface area contributed by atoms with Crippen molar-refractivity contribution >= 4 is 0 Å². The van der Waals surface area contributed by atoms with Crippen LogP contribution < -0.4 is 19.9 Å². The Kier molecular flexibility index (Phi) is 4.96. The summed E-state index contributed by atoms with van der Waals surface area (Å²) in [5, 5.41) is 0. The van der Waals surface area contributed by atoms with Crippen LogP contribution in [0.3, 0.4) is 0 Å². The lowest BCUT2D eigenvalue weighted by atomic mass is 9.90. The summed E-state index contributed by atoms with van der Waals surface area (Å²) >= 11 is 0. The Hall–Kier alpha value is -1.46. The molecule has 1 unspecified atom stereocenters. The van der Waals surface area contributed by atoms with E-state index in [0.29, 0.717) is 5.75 Å². The van der Waals surface area contributed by atoms with Crippen LogP contribution in [-0.4, -0.2) is 45.9 Å². The van der Waals surface area contributed by atoms with Gasteiger partial charge < -0.3 is 19.9 Å². The van der Waals surface area contributed by atoms with Gasteiger partial charge in [0.1, 0.15) is 5.75 Å². The number of rotatable bonds is 6. The third-order valence-electron chi connectivity index (χ3n) is 4.31. The highest BCUT2D eigenvalue weighted by molar-refractivity contribution is 5.50. The molecular formula is C16H26N2O3. The van der Waals surface area contributed by atoms with Crippen LogP contribution in [0.1, 0.15) is 18.9 Å². The molecule has 2 rings (SSSR count). The molecule has 118 valence electrons. The number of hydrogen-bond donors (Lipinski definition) is 1. The lowest BCUT2D eigenvalue weighted by Gasteiger charge is -2.23. The van der Waals surface area contributed by atoms with Gasteiger partial charge in [-0.2, -0.15) is 0 Å². The molecule has 0 amide bonds. The number of nitrogens with zero attached hydrogens (tertiary/aromatic N) is 1. The predicted molar refractivity (Wildman–Crippen MR) is 83.2 cm³/mol. The van der Waals surface area contributed by atoms with Crippen molar-refractivity contribution in [2.45, 2.75) is 19.9 Å². The summed E-state index contributed by atoms with van der Waals surface area (Å²) in [6, 6.07) is 3.88. The smallest absolute Gasteiger partial charge is 0.164 e. The first-order valence-corrected chi connectivity index (χ1v) is 7.26. The van der Waals surface area contributed by atoms with Gasteiger partial charge in [0.2, 0.25) is 0 Å². The van der Waals surface area contributed by atoms with Gasteiger partial charge in [-0.1, -0.05) is 6.92 Å².